The molecule has 2 saturated carbocycles. The number of allylic oxidation sites excluding steroid dienone is 1. The van der Waals surface area contributed by atoms with E-state index in [4.69, 9.17) is 0 Å². The molecule has 0 atom stereocenters. The standard InChI is InChI=1S/C26H36F4O/c1-2-3-4-5-18-8-12-21(13-9-18)22-14-10-19(11-15-22)6-7-20-16-23(27)25(24(28)17-20)31-26(29)30/h2,16-19,21-22,26H,1,3-15H2/t18-,19-,21-,22-. The van der Waals surface area contributed by atoms with Crippen molar-refractivity contribution in [3.05, 3.63) is 42.0 Å². The molecule has 5 heteroatoms. The third-order valence-electron chi connectivity index (χ3n) is 7.58. The number of alkyl halides is 2. The monoisotopic (exact) mass is 440 g/mol. The summed E-state index contributed by atoms with van der Waals surface area (Å²) >= 11 is 0. The van der Waals surface area contributed by atoms with E-state index in [1.54, 1.807) is 0 Å². The van der Waals surface area contributed by atoms with Gasteiger partial charge in [0.2, 0.25) is 0 Å². The first kappa shape index (κ1) is 24.1. The van der Waals surface area contributed by atoms with Crippen molar-refractivity contribution in [2.45, 2.75) is 90.1 Å². The summed E-state index contributed by atoms with van der Waals surface area (Å²) in [5, 5.41) is 0. The van der Waals surface area contributed by atoms with Crippen LogP contribution in [0.25, 0.3) is 0 Å². The largest absolute Gasteiger partial charge is 0.429 e. The number of halogens is 4. The predicted molar refractivity (Wildman–Crippen MR) is 116 cm³/mol. The van der Waals surface area contributed by atoms with Crippen LogP contribution in [0, 0.1) is 35.3 Å². The van der Waals surface area contributed by atoms with Crippen LogP contribution >= 0.6 is 0 Å². The van der Waals surface area contributed by atoms with Crippen LogP contribution in [0.1, 0.15) is 82.6 Å². The summed E-state index contributed by atoms with van der Waals surface area (Å²) in [5.74, 6) is 0.0986. The highest BCUT2D eigenvalue weighted by atomic mass is 19.3. The van der Waals surface area contributed by atoms with Gasteiger partial charge in [0.1, 0.15) is 0 Å². The molecule has 0 unspecified atom stereocenters. The van der Waals surface area contributed by atoms with Crippen molar-refractivity contribution < 1.29 is 22.3 Å². The summed E-state index contributed by atoms with van der Waals surface area (Å²) in [4.78, 5) is 0. The molecular formula is C26H36F4O. The Morgan fingerprint density at radius 1 is 0.871 bits per heavy atom. The second-order valence-electron chi connectivity index (χ2n) is 9.59. The van der Waals surface area contributed by atoms with Gasteiger partial charge in [-0.3, -0.25) is 0 Å². The van der Waals surface area contributed by atoms with Gasteiger partial charge in [0.15, 0.2) is 17.4 Å². The van der Waals surface area contributed by atoms with Crippen LogP contribution in [0.4, 0.5) is 17.6 Å². The molecule has 0 bridgehead atoms. The SMILES string of the molecule is C=CCCC[C@H]1CC[C@H]([C@H]2CC[C@H](CCc3cc(F)c(OC(F)F)c(F)c3)CC2)CC1. The van der Waals surface area contributed by atoms with E-state index in [-0.39, 0.29) is 0 Å². The summed E-state index contributed by atoms with van der Waals surface area (Å²) in [6.45, 7) is 0.572. The van der Waals surface area contributed by atoms with Crippen LogP contribution in [0.15, 0.2) is 24.8 Å². The summed E-state index contributed by atoms with van der Waals surface area (Å²) in [6.07, 6.45) is 17.6. The minimum absolute atomic E-state index is 0.508. The van der Waals surface area contributed by atoms with E-state index in [2.05, 4.69) is 11.3 Å². The Kier molecular flexibility index (Phi) is 9.28. The smallest absolute Gasteiger partial charge is 0.387 e. The van der Waals surface area contributed by atoms with Crippen molar-refractivity contribution in [1.29, 1.82) is 0 Å². The van der Waals surface area contributed by atoms with Gasteiger partial charge in [-0.05, 0) is 92.7 Å². The molecule has 0 spiro atoms. The molecule has 0 heterocycles. The zero-order valence-corrected chi connectivity index (χ0v) is 18.4. The summed E-state index contributed by atoms with van der Waals surface area (Å²) in [6, 6.07) is 2.25. The van der Waals surface area contributed by atoms with E-state index in [9.17, 15) is 17.6 Å². The fraction of sp³-hybridized carbons (Fsp3) is 0.692. The summed E-state index contributed by atoms with van der Waals surface area (Å²) in [7, 11) is 0. The molecule has 1 aromatic rings. The molecule has 0 radical (unpaired) electrons. The maximum Gasteiger partial charge on any atom is 0.387 e. The highest BCUT2D eigenvalue weighted by Crippen LogP contribution is 2.43. The molecule has 1 nitrogen and oxygen atoms in total. The summed E-state index contributed by atoms with van der Waals surface area (Å²) in [5.41, 5.74) is 0.508. The first-order valence-corrected chi connectivity index (χ1v) is 12.0. The Morgan fingerprint density at radius 2 is 1.39 bits per heavy atom. The number of rotatable bonds is 10. The van der Waals surface area contributed by atoms with Gasteiger partial charge in [0.05, 0.1) is 0 Å². The van der Waals surface area contributed by atoms with Crippen LogP contribution in [-0.2, 0) is 6.42 Å². The van der Waals surface area contributed by atoms with Crippen molar-refractivity contribution in [1.82, 2.24) is 0 Å². The van der Waals surface area contributed by atoms with E-state index < -0.39 is 24.0 Å². The average Bonchev–Trinajstić information content (AvgIpc) is 2.76. The second-order valence-corrected chi connectivity index (χ2v) is 9.59. The Labute approximate surface area is 184 Å². The first-order chi connectivity index (χ1) is 15.0. The number of unbranched alkanes of at least 4 members (excludes halogenated alkanes) is 1. The van der Waals surface area contributed by atoms with E-state index in [1.165, 1.54) is 64.2 Å². The Balaban J connectivity index is 1.38. The molecule has 3 rings (SSSR count). The van der Waals surface area contributed by atoms with E-state index in [1.807, 2.05) is 6.08 Å². The molecule has 2 fully saturated rings. The van der Waals surface area contributed by atoms with Crippen LogP contribution in [0.3, 0.4) is 0 Å². The van der Waals surface area contributed by atoms with Crippen LogP contribution < -0.4 is 4.74 Å². The zero-order chi connectivity index (χ0) is 22.2. The van der Waals surface area contributed by atoms with Gasteiger partial charge in [-0.25, -0.2) is 8.78 Å². The van der Waals surface area contributed by atoms with Gasteiger partial charge in [0, 0.05) is 0 Å². The number of aryl methyl sites for hydroxylation is 1. The maximum absolute atomic E-state index is 13.9. The van der Waals surface area contributed by atoms with Crippen molar-refractivity contribution in [2.24, 2.45) is 23.7 Å². The molecule has 0 saturated heterocycles. The molecule has 0 N–H and O–H groups in total. The molecule has 174 valence electrons. The number of hydrogen-bond donors (Lipinski definition) is 0. The predicted octanol–water partition coefficient (Wildman–Crippen LogP) is 8.47. The Morgan fingerprint density at radius 3 is 1.87 bits per heavy atom. The van der Waals surface area contributed by atoms with Crippen molar-refractivity contribution >= 4 is 0 Å². The molecule has 0 amide bonds. The molecule has 2 aliphatic carbocycles. The van der Waals surface area contributed by atoms with Crippen molar-refractivity contribution in [2.75, 3.05) is 0 Å². The fourth-order valence-corrected chi connectivity index (χ4v) is 5.78. The second kappa shape index (κ2) is 11.9. The lowest BCUT2D eigenvalue weighted by molar-refractivity contribution is -0.0546. The molecule has 1 aromatic carbocycles. The average molecular weight is 441 g/mol. The van der Waals surface area contributed by atoms with Crippen LogP contribution in [0.2, 0.25) is 0 Å². The number of hydrogen-bond acceptors (Lipinski definition) is 1. The highest BCUT2D eigenvalue weighted by molar-refractivity contribution is 5.31. The highest BCUT2D eigenvalue weighted by Gasteiger charge is 2.30. The van der Waals surface area contributed by atoms with Crippen molar-refractivity contribution in [3.8, 4) is 5.75 Å². The fourth-order valence-electron chi connectivity index (χ4n) is 5.78. The molecule has 0 aliphatic heterocycles. The van der Waals surface area contributed by atoms with Crippen LogP contribution in [0.5, 0.6) is 5.75 Å². The van der Waals surface area contributed by atoms with Gasteiger partial charge < -0.3 is 4.74 Å². The lowest BCUT2D eigenvalue weighted by Crippen LogP contribution is -2.26. The third-order valence-corrected chi connectivity index (χ3v) is 7.58. The summed E-state index contributed by atoms with van der Waals surface area (Å²) < 4.78 is 56.3. The Hall–Kier alpha value is -1.52. The van der Waals surface area contributed by atoms with Gasteiger partial charge in [-0.15, -0.1) is 6.58 Å². The lowest BCUT2D eigenvalue weighted by Gasteiger charge is -2.38. The molecule has 31 heavy (non-hydrogen) atoms. The zero-order valence-electron chi connectivity index (χ0n) is 18.4. The maximum atomic E-state index is 13.9. The van der Waals surface area contributed by atoms with Crippen molar-refractivity contribution in [3.63, 3.8) is 0 Å². The molecule has 0 aromatic heterocycles. The lowest BCUT2D eigenvalue weighted by atomic mass is 9.68. The van der Waals surface area contributed by atoms with Crippen LogP contribution in [-0.4, -0.2) is 6.61 Å². The first-order valence-electron chi connectivity index (χ1n) is 12.0. The van der Waals surface area contributed by atoms with E-state index in [0.29, 0.717) is 17.9 Å². The number of benzene rings is 1. The Bertz CT molecular complexity index is 666. The van der Waals surface area contributed by atoms with Gasteiger partial charge >= 0.3 is 6.61 Å². The van der Waals surface area contributed by atoms with Gasteiger partial charge in [0.25, 0.3) is 0 Å². The number of ether oxygens (including phenoxy) is 1. The minimum Gasteiger partial charge on any atom is -0.429 e. The van der Waals surface area contributed by atoms with Gasteiger partial charge in [-0.2, -0.15) is 8.78 Å². The third kappa shape index (κ3) is 7.25. The van der Waals surface area contributed by atoms with E-state index in [0.717, 1.165) is 42.7 Å². The van der Waals surface area contributed by atoms with E-state index >= 15 is 0 Å². The minimum atomic E-state index is -3.24. The normalized spacial score (nSPS) is 26.7. The van der Waals surface area contributed by atoms with Gasteiger partial charge in [-0.1, -0.05) is 38.2 Å². The molecule has 2 aliphatic rings. The quantitative estimate of drug-likeness (QED) is 0.201. The molecular weight excluding hydrogens is 404 g/mol. The topological polar surface area (TPSA) is 9.23 Å².